The first-order valence-corrected chi connectivity index (χ1v) is 6.39. The lowest BCUT2D eigenvalue weighted by Gasteiger charge is -2.20. The summed E-state index contributed by atoms with van der Waals surface area (Å²) in [6.45, 7) is 4.44. The molecule has 0 aromatic heterocycles. The normalized spacial score (nSPS) is 13.2. The molecule has 0 spiro atoms. The number of aryl methyl sites for hydroxylation is 2. The lowest BCUT2D eigenvalue weighted by molar-refractivity contribution is 0.0743. The number of hydrogen-bond donors (Lipinski definition) is 1. The smallest absolute Gasteiger partial charge is 0.254 e. The Morgan fingerprint density at radius 1 is 1.39 bits per heavy atom. The van der Waals surface area contributed by atoms with Crippen molar-refractivity contribution in [2.24, 2.45) is 0 Å². The number of hydrogen-bond acceptors (Lipinski definition) is 2. The van der Waals surface area contributed by atoms with Crippen LogP contribution in [0.25, 0.3) is 0 Å². The highest BCUT2D eigenvalue weighted by molar-refractivity contribution is 5.94. The minimum Gasteiger partial charge on any atom is -0.395 e. The van der Waals surface area contributed by atoms with Crippen LogP contribution >= 0.6 is 0 Å². The summed E-state index contributed by atoms with van der Waals surface area (Å²) < 4.78 is 0. The minimum absolute atomic E-state index is 0.0233. The van der Waals surface area contributed by atoms with Gasteiger partial charge < -0.3 is 10.0 Å². The number of rotatable bonds is 5. The van der Waals surface area contributed by atoms with Gasteiger partial charge in [-0.2, -0.15) is 0 Å². The molecule has 3 nitrogen and oxygen atoms in total. The number of aliphatic hydroxyl groups excluding tert-OH is 1. The summed E-state index contributed by atoms with van der Waals surface area (Å²) in [7, 11) is 0. The second-order valence-electron chi connectivity index (χ2n) is 4.60. The molecule has 0 atom stereocenters. The van der Waals surface area contributed by atoms with E-state index in [1.54, 1.807) is 11.0 Å². The van der Waals surface area contributed by atoms with Gasteiger partial charge in [-0.25, -0.2) is 0 Å². The van der Waals surface area contributed by atoms with Crippen molar-refractivity contribution in [3.05, 3.63) is 47.5 Å². The van der Waals surface area contributed by atoms with Gasteiger partial charge in [-0.3, -0.25) is 4.79 Å². The third kappa shape index (κ3) is 2.62. The molecule has 1 aliphatic carbocycles. The van der Waals surface area contributed by atoms with Gasteiger partial charge in [0.2, 0.25) is 0 Å². The van der Waals surface area contributed by atoms with E-state index in [1.807, 2.05) is 12.1 Å². The Kier molecular flexibility index (Phi) is 4.15. The predicted molar refractivity (Wildman–Crippen MR) is 71.7 cm³/mol. The highest BCUT2D eigenvalue weighted by Gasteiger charge is 2.17. The van der Waals surface area contributed by atoms with E-state index in [0.29, 0.717) is 18.7 Å². The van der Waals surface area contributed by atoms with Gasteiger partial charge in [0, 0.05) is 18.7 Å². The molecule has 1 N–H and O–H groups in total. The molecule has 1 aromatic rings. The number of carbonyl (C=O) groups excluding carboxylic acids is 1. The Bertz CT molecular complexity index is 454. The van der Waals surface area contributed by atoms with E-state index in [2.05, 4.69) is 12.6 Å². The summed E-state index contributed by atoms with van der Waals surface area (Å²) in [5.41, 5.74) is 3.37. The van der Waals surface area contributed by atoms with E-state index in [0.717, 1.165) is 12.8 Å². The number of fused-ring (bicyclic) bond motifs is 1. The van der Waals surface area contributed by atoms with E-state index >= 15 is 0 Å². The first-order chi connectivity index (χ1) is 8.76. The van der Waals surface area contributed by atoms with E-state index in [9.17, 15) is 4.79 Å². The Labute approximate surface area is 108 Å². The molecule has 0 fully saturated rings. The average molecular weight is 245 g/mol. The Morgan fingerprint density at radius 3 is 2.89 bits per heavy atom. The summed E-state index contributed by atoms with van der Waals surface area (Å²) in [4.78, 5) is 13.9. The van der Waals surface area contributed by atoms with Crippen LogP contribution in [-0.2, 0) is 12.8 Å². The van der Waals surface area contributed by atoms with Crippen molar-refractivity contribution in [2.75, 3.05) is 19.7 Å². The largest absolute Gasteiger partial charge is 0.395 e. The topological polar surface area (TPSA) is 40.5 Å². The molecule has 1 aromatic carbocycles. The van der Waals surface area contributed by atoms with Gasteiger partial charge in [0.25, 0.3) is 5.91 Å². The van der Waals surface area contributed by atoms with Gasteiger partial charge in [-0.15, -0.1) is 6.58 Å². The van der Waals surface area contributed by atoms with Gasteiger partial charge >= 0.3 is 0 Å². The van der Waals surface area contributed by atoms with Crippen LogP contribution in [0.15, 0.2) is 30.9 Å². The van der Waals surface area contributed by atoms with Crippen LogP contribution in [0.4, 0.5) is 0 Å². The van der Waals surface area contributed by atoms with Crippen LogP contribution in [0.3, 0.4) is 0 Å². The third-order valence-electron chi connectivity index (χ3n) is 3.35. The van der Waals surface area contributed by atoms with Gasteiger partial charge in [-0.05, 0) is 42.5 Å². The van der Waals surface area contributed by atoms with Gasteiger partial charge in [-0.1, -0.05) is 12.1 Å². The highest BCUT2D eigenvalue weighted by Crippen LogP contribution is 2.23. The molecule has 3 heteroatoms. The van der Waals surface area contributed by atoms with Crippen LogP contribution in [0, 0.1) is 0 Å². The van der Waals surface area contributed by atoms with Gasteiger partial charge in [0.05, 0.1) is 6.61 Å². The van der Waals surface area contributed by atoms with E-state index in [4.69, 9.17) is 5.11 Å². The average Bonchev–Trinajstić information content (AvgIpc) is 2.84. The van der Waals surface area contributed by atoms with E-state index in [1.165, 1.54) is 17.5 Å². The Balaban J connectivity index is 2.18. The van der Waals surface area contributed by atoms with Crippen LogP contribution < -0.4 is 0 Å². The summed E-state index contributed by atoms with van der Waals surface area (Å²) in [6, 6.07) is 5.94. The number of nitrogens with zero attached hydrogens (tertiary/aromatic N) is 1. The monoisotopic (exact) mass is 245 g/mol. The SMILES string of the molecule is C=CCN(CCO)C(=O)c1ccc2c(c1)CCC2. The van der Waals surface area contributed by atoms with Crippen molar-refractivity contribution in [1.82, 2.24) is 4.90 Å². The molecule has 18 heavy (non-hydrogen) atoms. The van der Waals surface area contributed by atoms with Crippen molar-refractivity contribution < 1.29 is 9.90 Å². The maximum atomic E-state index is 12.3. The molecule has 0 radical (unpaired) electrons. The van der Waals surface area contributed by atoms with Crippen LogP contribution in [0.2, 0.25) is 0 Å². The molecule has 96 valence electrons. The zero-order valence-electron chi connectivity index (χ0n) is 10.6. The molecule has 0 saturated carbocycles. The van der Waals surface area contributed by atoms with Crippen molar-refractivity contribution in [3.8, 4) is 0 Å². The summed E-state index contributed by atoms with van der Waals surface area (Å²) in [5.74, 6) is -0.0290. The van der Waals surface area contributed by atoms with Crippen LogP contribution in [0.1, 0.15) is 27.9 Å². The maximum absolute atomic E-state index is 12.3. The fraction of sp³-hybridized carbons (Fsp3) is 0.400. The molecular formula is C15H19NO2. The second kappa shape index (κ2) is 5.83. The lowest BCUT2D eigenvalue weighted by Crippen LogP contribution is -2.33. The standard InChI is InChI=1S/C15H19NO2/c1-2-8-16(9-10-17)15(18)14-7-6-12-4-3-5-13(12)11-14/h2,6-7,11,17H,1,3-5,8-10H2. The lowest BCUT2D eigenvalue weighted by atomic mass is 10.1. The van der Waals surface area contributed by atoms with Gasteiger partial charge in [0.15, 0.2) is 0 Å². The summed E-state index contributed by atoms with van der Waals surface area (Å²) in [6.07, 6.45) is 5.05. The third-order valence-corrected chi connectivity index (χ3v) is 3.35. The predicted octanol–water partition coefficient (Wildman–Crippen LogP) is 1.80. The number of amides is 1. The fourth-order valence-corrected chi connectivity index (χ4v) is 2.44. The first-order valence-electron chi connectivity index (χ1n) is 6.39. The zero-order valence-corrected chi connectivity index (χ0v) is 10.6. The number of aliphatic hydroxyl groups is 1. The van der Waals surface area contributed by atoms with Crippen LogP contribution in [0.5, 0.6) is 0 Å². The van der Waals surface area contributed by atoms with Gasteiger partial charge in [0.1, 0.15) is 0 Å². The van der Waals surface area contributed by atoms with Crippen molar-refractivity contribution in [1.29, 1.82) is 0 Å². The first kappa shape index (κ1) is 12.8. The van der Waals surface area contributed by atoms with E-state index in [-0.39, 0.29) is 12.5 Å². The van der Waals surface area contributed by atoms with Crippen molar-refractivity contribution in [2.45, 2.75) is 19.3 Å². The quantitative estimate of drug-likeness (QED) is 0.804. The Morgan fingerprint density at radius 2 is 2.17 bits per heavy atom. The molecule has 0 aliphatic heterocycles. The molecule has 0 bridgehead atoms. The molecule has 1 amide bonds. The number of benzene rings is 1. The van der Waals surface area contributed by atoms with Crippen LogP contribution in [-0.4, -0.2) is 35.6 Å². The maximum Gasteiger partial charge on any atom is 0.254 e. The molecule has 1 aliphatic rings. The molecule has 2 rings (SSSR count). The highest BCUT2D eigenvalue weighted by atomic mass is 16.3. The molecule has 0 heterocycles. The molecule has 0 saturated heterocycles. The van der Waals surface area contributed by atoms with Crippen molar-refractivity contribution >= 4 is 5.91 Å². The fourth-order valence-electron chi connectivity index (χ4n) is 2.44. The zero-order chi connectivity index (χ0) is 13.0. The van der Waals surface area contributed by atoms with E-state index < -0.39 is 0 Å². The molecule has 0 unspecified atom stereocenters. The van der Waals surface area contributed by atoms with Crippen molar-refractivity contribution in [3.63, 3.8) is 0 Å². The molecular weight excluding hydrogens is 226 g/mol. The Hall–Kier alpha value is -1.61. The number of carbonyl (C=O) groups is 1. The summed E-state index contributed by atoms with van der Waals surface area (Å²) in [5, 5.41) is 8.99. The summed E-state index contributed by atoms with van der Waals surface area (Å²) >= 11 is 0. The second-order valence-corrected chi connectivity index (χ2v) is 4.60. The minimum atomic E-state index is -0.0290.